The quantitative estimate of drug-likeness (QED) is 0.379. The van der Waals surface area contributed by atoms with Gasteiger partial charge in [0.25, 0.3) is 5.91 Å². The summed E-state index contributed by atoms with van der Waals surface area (Å²) in [4.78, 5) is 34.7. The molecule has 3 aromatic rings. The van der Waals surface area contributed by atoms with E-state index in [1.165, 1.54) is 0 Å². The zero-order valence-corrected chi connectivity index (χ0v) is 23.4. The minimum Gasteiger partial charge on any atom is -0.486 e. The maximum atomic E-state index is 13.7. The van der Waals surface area contributed by atoms with Crippen LogP contribution >= 0.6 is 0 Å². The molecule has 0 bridgehead atoms. The van der Waals surface area contributed by atoms with Gasteiger partial charge < -0.3 is 34.9 Å². The molecular weight excluding hydrogens is 526 g/mol. The Balaban J connectivity index is 1.41. The monoisotopic (exact) mass is 561 g/mol. The predicted molar refractivity (Wildman–Crippen MR) is 153 cm³/mol. The number of aromatic nitrogens is 1. The second-order valence-corrected chi connectivity index (χ2v) is 10.5. The van der Waals surface area contributed by atoms with E-state index < -0.39 is 12.1 Å². The van der Waals surface area contributed by atoms with Crippen LogP contribution in [0.3, 0.4) is 0 Å². The Morgan fingerprint density at radius 1 is 1.15 bits per heavy atom. The normalized spacial score (nSPS) is 18.7. The number of likely N-dealkylation sites (N-methyl/N-ethyl adjacent to an activating group) is 1. The summed E-state index contributed by atoms with van der Waals surface area (Å²) in [5, 5.41) is 15.6. The van der Waals surface area contributed by atoms with Crippen LogP contribution in [0.25, 0.3) is 0 Å². The topological polar surface area (TPSA) is 125 Å². The van der Waals surface area contributed by atoms with Gasteiger partial charge in [0.1, 0.15) is 6.10 Å². The number of carbonyl (C=O) groups excluding carboxylic acids is 2. The summed E-state index contributed by atoms with van der Waals surface area (Å²) >= 11 is 0. The highest BCUT2D eigenvalue weighted by Crippen LogP contribution is 2.36. The number of amides is 3. The van der Waals surface area contributed by atoms with Crippen LogP contribution in [0.4, 0.5) is 16.2 Å². The third-order valence-corrected chi connectivity index (χ3v) is 7.26. The van der Waals surface area contributed by atoms with Crippen LogP contribution in [0.15, 0.2) is 60.9 Å². The lowest BCUT2D eigenvalue weighted by atomic mass is 9.99. The van der Waals surface area contributed by atoms with Gasteiger partial charge in [-0.2, -0.15) is 0 Å². The number of pyridine rings is 1. The largest absolute Gasteiger partial charge is 0.486 e. The number of nitrogens with one attached hydrogen (secondary N) is 2. The van der Waals surface area contributed by atoms with Crippen molar-refractivity contribution < 1.29 is 28.9 Å². The number of nitrogens with zero attached hydrogens (tertiary/aromatic N) is 3. The number of hydrogen-bond acceptors (Lipinski definition) is 8. The van der Waals surface area contributed by atoms with E-state index in [1.54, 1.807) is 53.7 Å². The van der Waals surface area contributed by atoms with Crippen molar-refractivity contribution in [2.24, 2.45) is 5.92 Å². The lowest BCUT2D eigenvalue weighted by Gasteiger charge is -2.38. The van der Waals surface area contributed by atoms with Crippen LogP contribution in [0.2, 0.25) is 0 Å². The molecule has 2 aromatic carbocycles. The number of hydrogen-bond donors (Lipinski definition) is 3. The van der Waals surface area contributed by atoms with Gasteiger partial charge in [-0.1, -0.05) is 13.0 Å². The molecule has 0 fully saturated rings. The first-order chi connectivity index (χ1) is 19.8. The third kappa shape index (κ3) is 6.53. The van der Waals surface area contributed by atoms with Crippen molar-refractivity contribution in [2.75, 3.05) is 44.2 Å². The molecule has 216 valence electrons. The van der Waals surface area contributed by atoms with E-state index in [0.29, 0.717) is 53.8 Å². The minimum atomic E-state index is -0.504. The molecular formula is C30H35N5O6. The van der Waals surface area contributed by atoms with Gasteiger partial charge in [-0.25, -0.2) is 4.79 Å². The van der Waals surface area contributed by atoms with E-state index in [2.05, 4.69) is 20.5 Å². The zero-order chi connectivity index (χ0) is 28.9. The molecule has 11 nitrogen and oxygen atoms in total. The Morgan fingerprint density at radius 3 is 2.71 bits per heavy atom. The van der Waals surface area contributed by atoms with Crippen LogP contribution in [-0.2, 0) is 6.54 Å². The molecule has 0 unspecified atom stereocenters. The Labute approximate surface area is 239 Å². The van der Waals surface area contributed by atoms with E-state index in [1.807, 2.05) is 33.0 Å². The Bertz CT molecular complexity index is 1390. The number of ether oxygens (including phenoxy) is 3. The molecule has 2 aliphatic rings. The molecule has 3 atom stereocenters. The Kier molecular flexibility index (Phi) is 8.55. The van der Waals surface area contributed by atoms with Gasteiger partial charge in [0.2, 0.25) is 6.79 Å². The molecule has 1 aromatic heterocycles. The SMILES string of the molecule is C[C@H](CO)N1C[C@H](C)[C@H](CN(C)Cc2ccncc2)Oc2c(NC(=O)Nc3ccc4c(c3)OCO4)cccc2C1=O. The molecule has 0 aliphatic carbocycles. The van der Waals surface area contributed by atoms with Crippen molar-refractivity contribution in [3.8, 4) is 17.2 Å². The summed E-state index contributed by atoms with van der Waals surface area (Å²) in [7, 11) is 2.01. The summed E-state index contributed by atoms with van der Waals surface area (Å²) in [6.45, 7) is 5.48. The number of benzene rings is 2. The lowest BCUT2D eigenvalue weighted by Crippen LogP contribution is -2.49. The molecule has 0 spiro atoms. The lowest BCUT2D eigenvalue weighted by molar-refractivity contribution is 0.0343. The summed E-state index contributed by atoms with van der Waals surface area (Å²) in [6.07, 6.45) is 3.21. The fourth-order valence-electron chi connectivity index (χ4n) is 4.99. The molecule has 2 aliphatic heterocycles. The highest BCUT2D eigenvalue weighted by atomic mass is 16.7. The zero-order valence-electron chi connectivity index (χ0n) is 23.4. The van der Waals surface area contributed by atoms with Gasteiger partial charge >= 0.3 is 6.03 Å². The van der Waals surface area contributed by atoms with Gasteiger partial charge in [0.15, 0.2) is 17.2 Å². The molecule has 11 heteroatoms. The van der Waals surface area contributed by atoms with Crippen molar-refractivity contribution in [1.82, 2.24) is 14.8 Å². The summed E-state index contributed by atoms with van der Waals surface area (Å²) in [6, 6.07) is 13.3. The molecule has 5 rings (SSSR count). The average molecular weight is 562 g/mol. The van der Waals surface area contributed by atoms with Crippen LogP contribution < -0.4 is 24.8 Å². The van der Waals surface area contributed by atoms with Crippen molar-refractivity contribution in [3.63, 3.8) is 0 Å². The van der Waals surface area contributed by atoms with Gasteiger partial charge in [0, 0.05) is 49.7 Å². The van der Waals surface area contributed by atoms with Gasteiger partial charge in [-0.3, -0.25) is 14.7 Å². The minimum absolute atomic E-state index is 0.0727. The number of urea groups is 1. The summed E-state index contributed by atoms with van der Waals surface area (Å²) < 4.78 is 17.3. The molecule has 0 radical (unpaired) electrons. The predicted octanol–water partition coefficient (Wildman–Crippen LogP) is 3.81. The van der Waals surface area contributed by atoms with E-state index in [0.717, 1.165) is 5.56 Å². The third-order valence-electron chi connectivity index (χ3n) is 7.26. The molecule has 0 saturated heterocycles. The molecule has 3 amide bonds. The number of aliphatic hydroxyl groups is 1. The van der Waals surface area contributed by atoms with Crippen LogP contribution in [0, 0.1) is 5.92 Å². The Morgan fingerprint density at radius 2 is 1.93 bits per heavy atom. The smallest absolute Gasteiger partial charge is 0.323 e. The number of para-hydroxylation sites is 1. The van der Waals surface area contributed by atoms with Gasteiger partial charge in [0.05, 0.1) is 23.9 Å². The van der Waals surface area contributed by atoms with Gasteiger partial charge in [-0.15, -0.1) is 0 Å². The van der Waals surface area contributed by atoms with Crippen molar-refractivity contribution >= 4 is 23.3 Å². The maximum Gasteiger partial charge on any atom is 0.323 e. The van der Waals surface area contributed by atoms with E-state index >= 15 is 0 Å². The maximum absolute atomic E-state index is 13.7. The van der Waals surface area contributed by atoms with Gasteiger partial charge in [-0.05, 0) is 55.9 Å². The van der Waals surface area contributed by atoms with Crippen LogP contribution in [-0.4, -0.2) is 77.5 Å². The summed E-state index contributed by atoms with van der Waals surface area (Å²) in [5.74, 6) is 1.12. The summed E-state index contributed by atoms with van der Waals surface area (Å²) in [5.41, 5.74) is 2.32. The molecule has 3 N–H and O–H groups in total. The van der Waals surface area contributed by atoms with Crippen molar-refractivity contribution in [2.45, 2.75) is 32.5 Å². The number of fused-ring (bicyclic) bond motifs is 2. The number of anilines is 2. The molecule has 0 saturated carbocycles. The Hall–Kier alpha value is -4.35. The fourth-order valence-corrected chi connectivity index (χ4v) is 4.99. The molecule has 3 heterocycles. The van der Waals surface area contributed by atoms with Crippen LogP contribution in [0.1, 0.15) is 29.8 Å². The number of aliphatic hydroxyl groups excluding tert-OH is 1. The first-order valence-corrected chi connectivity index (χ1v) is 13.6. The van der Waals surface area contributed by atoms with E-state index in [9.17, 15) is 14.7 Å². The van der Waals surface area contributed by atoms with E-state index in [-0.39, 0.29) is 31.3 Å². The van der Waals surface area contributed by atoms with Crippen LogP contribution in [0.5, 0.6) is 17.2 Å². The second-order valence-electron chi connectivity index (χ2n) is 10.5. The standard InChI is InChI=1S/C30H35N5O6/c1-19-14-35(20(2)17-36)29(37)23-5-4-6-24(33-30(38)32-22-7-8-25-26(13-22)40-18-39-25)28(23)41-27(19)16-34(3)15-21-9-11-31-12-10-21/h4-13,19-20,27,36H,14-18H2,1-3H3,(H2,32,33,38)/t19-,20+,27-/m0/s1. The number of carbonyl (C=O) groups is 2. The molecule has 41 heavy (non-hydrogen) atoms. The highest BCUT2D eigenvalue weighted by Gasteiger charge is 2.34. The number of rotatable bonds is 8. The fraction of sp³-hybridized carbons (Fsp3) is 0.367. The highest BCUT2D eigenvalue weighted by molar-refractivity contribution is 6.04. The average Bonchev–Trinajstić information content (AvgIpc) is 3.43. The first-order valence-electron chi connectivity index (χ1n) is 13.6. The second kappa shape index (κ2) is 12.4. The van der Waals surface area contributed by atoms with E-state index in [4.69, 9.17) is 14.2 Å². The van der Waals surface area contributed by atoms with Crippen molar-refractivity contribution in [1.29, 1.82) is 0 Å². The first kappa shape index (κ1) is 28.2. The van der Waals surface area contributed by atoms with Crippen molar-refractivity contribution in [3.05, 3.63) is 72.1 Å².